The number of amides is 4. The van der Waals surface area contributed by atoms with Crippen molar-refractivity contribution in [2.45, 2.75) is 24.8 Å². The first-order valence-corrected chi connectivity index (χ1v) is 12.0. The van der Waals surface area contributed by atoms with Crippen molar-refractivity contribution in [1.82, 2.24) is 15.1 Å². The molecule has 0 spiro atoms. The van der Waals surface area contributed by atoms with Gasteiger partial charge in [0, 0.05) is 37.2 Å². The number of likely N-dealkylation sites (tertiary alicyclic amines) is 1. The molecule has 184 valence electrons. The van der Waals surface area contributed by atoms with Gasteiger partial charge in [0.05, 0.1) is 13.2 Å². The highest BCUT2D eigenvalue weighted by molar-refractivity contribution is 6.42. The van der Waals surface area contributed by atoms with Crippen LogP contribution in [0.4, 0.5) is 4.79 Å². The largest absolute Gasteiger partial charge is 0.383 e. The van der Waals surface area contributed by atoms with Crippen molar-refractivity contribution >= 4 is 35.2 Å². The first-order chi connectivity index (χ1) is 16.9. The van der Waals surface area contributed by atoms with Gasteiger partial charge in [-0.25, -0.2) is 4.79 Å². The Morgan fingerprint density at radius 2 is 1.71 bits per heavy atom. The number of halogens is 1. The summed E-state index contributed by atoms with van der Waals surface area (Å²) < 4.78 is 5.08. The summed E-state index contributed by atoms with van der Waals surface area (Å²) in [6.45, 7) is 1.01. The summed E-state index contributed by atoms with van der Waals surface area (Å²) in [5, 5.41) is 3.49. The molecule has 2 aliphatic rings. The van der Waals surface area contributed by atoms with E-state index in [0.717, 1.165) is 5.56 Å². The molecule has 2 saturated heterocycles. The molecule has 1 atom stereocenters. The standard InChI is InChI=1S/C26H28ClN3O5/c1-35-16-15-30-24(33)26(28-25(30)34,17-19-9-5-6-10-21(19)27)20-11-13-29(14-12-20)23(32)22(31)18-7-3-2-4-8-18/h2-10,20H,11-17H2,1H3,(H,28,34)/t26-/m1/s1. The molecule has 1 N–H and O–H groups in total. The molecule has 2 aromatic rings. The lowest BCUT2D eigenvalue weighted by Gasteiger charge is -2.41. The van der Waals surface area contributed by atoms with Gasteiger partial charge in [-0.15, -0.1) is 0 Å². The van der Waals surface area contributed by atoms with Gasteiger partial charge in [0.15, 0.2) is 0 Å². The van der Waals surface area contributed by atoms with Crippen LogP contribution < -0.4 is 5.32 Å². The number of hydrogen-bond donors (Lipinski definition) is 1. The van der Waals surface area contributed by atoms with Crippen LogP contribution in [0.15, 0.2) is 54.6 Å². The lowest BCUT2D eigenvalue weighted by atomic mass is 9.73. The van der Waals surface area contributed by atoms with E-state index in [1.165, 1.54) is 16.9 Å². The van der Waals surface area contributed by atoms with Gasteiger partial charge in [-0.2, -0.15) is 0 Å². The van der Waals surface area contributed by atoms with E-state index in [1.54, 1.807) is 36.4 Å². The number of rotatable bonds is 8. The minimum atomic E-state index is -1.19. The maximum Gasteiger partial charge on any atom is 0.325 e. The third kappa shape index (κ3) is 4.94. The van der Waals surface area contributed by atoms with E-state index in [4.69, 9.17) is 16.3 Å². The van der Waals surface area contributed by atoms with Gasteiger partial charge in [-0.05, 0) is 30.4 Å². The predicted octanol–water partition coefficient (Wildman–Crippen LogP) is 2.94. The van der Waals surface area contributed by atoms with Crippen LogP contribution in [0.3, 0.4) is 0 Å². The molecule has 0 saturated carbocycles. The Morgan fingerprint density at radius 3 is 2.37 bits per heavy atom. The Bertz CT molecular complexity index is 1120. The Labute approximate surface area is 209 Å². The first-order valence-electron chi connectivity index (χ1n) is 11.6. The summed E-state index contributed by atoms with van der Waals surface area (Å²) in [5.41, 5.74) is -0.0787. The molecule has 0 aromatic heterocycles. The summed E-state index contributed by atoms with van der Waals surface area (Å²) in [6, 6.07) is 15.2. The highest BCUT2D eigenvalue weighted by atomic mass is 35.5. The molecule has 2 heterocycles. The van der Waals surface area contributed by atoms with Crippen molar-refractivity contribution in [1.29, 1.82) is 0 Å². The summed E-state index contributed by atoms with van der Waals surface area (Å²) >= 11 is 6.42. The number of benzene rings is 2. The van der Waals surface area contributed by atoms with E-state index < -0.39 is 23.3 Å². The van der Waals surface area contributed by atoms with Gasteiger partial charge < -0.3 is 15.0 Å². The summed E-state index contributed by atoms with van der Waals surface area (Å²) in [6.07, 6.45) is 1.16. The average molecular weight is 498 g/mol. The maximum atomic E-state index is 13.7. The zero-order chi connectivity index (χ0) is 25.0. The van der Waals surface area contributed by atoms with E-state index in [-0.39, 0.29) is 31.4 Å². The van der Waals surface area contributed by atoms with Crippen molar-refractivity contribution in [2.24, 2.45) is 5.92 Å². The van der Waals surface area contributed by atoms with Crippen molar-refractivity contribution in [2.75, 3.05) is 33.4 Å². The maximum absolute atomic E-state index is 13.7. The third-order valence-corrected chi connectivity index (χ3v) is 7.23. The average Bonchev–Trinajstić information content (AvgIpc) is 3.13. The Balaban J connectivity index is 1.55. The van der Waals surface area contributed by atoms with Crippen molar-refractivity contribution in [3.8, 4) is 0 Å². The molecule has 0 aliphatic carbocycles. The molecule has 0 bridgehead atoms. The fourth-order valence-corrected chi connectivity index (χ4v) is 5.15. The minimum Gasteiger partial charge on any atom is -0.383 e. The Kier molecular flexibility index (Phi) is 7.52. The van der Waals surface area contributed by atoms with Crippen LogP contribution in [0.2, 0.25) is 5.02 Å². The summed E-state index contributed by atoms with van der Waals surface area (Å²) in [4.78, 5) is 54.7. The highest BCUT2D eigenvalue weighted by Gasteiger charge is 2.56. The molecule has 2 fully saturated rings. The molecule has 2 aromatic carbocycles. The molecule has 4 amide bonds. The smallest absolute Gasteiger partial charge is 0.325 e. The zero-order valence-corrected chi connectivity index (χ0v) is 20.3. The molecule has 35 heavy (non-hydrogen) atoms. The van der Waals surface area contributed by atoms with Crippen LogP contribution in [0, 0.1) is 5.92 Å². The number of nitrogens with zero attached hydrogens (tertiary/aromatic N) is 2. The molecule has 0 unspecified atom stereocenters. The number of carbonyl (C=O) groups is 4. The van der Waals surface area contributed by atoms with Crippen LogP contribution >= 0.6 is 11.6 Å². The number of imide groups is 1. The monoisotopic (exact) mass is 497 g/mol. The van der Waals surface area contributed by atoms with Gasteiger partial charge >= 0.3 is 6.03 Å². The molecular weight excluding hydrogens is 470 g/mol. The number of carbonyl (C=O) groups excluding carboxylic acids is 4. The van der Waals surface area contributed by atoms with E-state index in [1.807, 2.05) is 18.2 Å². The van der Waals surface area contributed by atoms with Gasteiger partial charge in [0.1, 0.15) is 5.54 Å². The Morgan fingerprint density at radius 1 is 1.06 bits per heavy atom. The number of Topliss-reactive ketones (excluding diaryl/α,β-unsaturated/α-hetero) is 1. The topological polar surface area (TPSA) is 96.0 Å². The van der Waals surface area contributed by atoms with Gasteiger partial charge in [0.2, 0.25) is 5.78 Å². The second-order valence-corrected chi connectivity index (χ2v) is 9.29. The second-order valence-electron chi connectivity index (χ2n) is 8.88. The fraction of sp³-hybridized carbons (Fsp3) is 0.385. The lowest BCUT2D eigenvalue weighted by molar-refractivity contribution is -0.135. The zero-order valence-electron chi connectivity index (χ0n) is 19.5. The molecular formula is C26H28ClN3O5. The van der Waals surface area contributed by atoms with E-state index in [2.05, 4.69) is 5.32 Å². The van der Waals surface area contributed by atoms with Crippen molar-refractivity contribution < 1.29 is 23.9 Å². The molecule has 8 nitrogen and oxygen atoms in total. The number of ketones is 1. The van der Waals surface area contributed by atoms with Crippen molar-refractivity contribution in [3.63, 3.8) is 0 Å². The summed E-state index contributed by atoms with van der Waals surface area (Å²) in [5.74, 6) is -1.66. The molecule has 2 aliphatic heterocycles. The number of urea groups is 1. The van der Waals surface area contributed by atoms with Gasteiger partial charge in [0.25, 0.3) is 11.8 Å². The fourth-order valence-electron chi connectivity index (χ4n) is 4.95. The van der Waals surface area contributed by atoms with Crippen LogP contribution in [0.5, 0.6) is 0 Å². The molecule has 4 rings (SSSR count). The predicted molar refractivity (Wildman–Crippen MR) is 130 cm³/mol. The highest BCUT2D eigenvalue weighted by Crippen LogP contribution is 2.37. The SMILES string of the molecule is COCCN1C(=O)N[C@](Cc2ccccc2Cl)(C2CCN(C(=O)C(=O)c3ccccc3)CC2)C1=O. The number of methoxy groups -OCH3 is 1. The number of piperidine rings is 1. The second kappa shape index (κ2) is 10.6. The van der Waals surface area contributed by atoms with E-state index >= 15 is 0 Å². The lowest BCUT2D eigenvalue weighted by Crippen LogP contribution is -2.58. The van der Waals surface area contributed by atoms with Crippen molar-refractivity contribution in [3.05, 3.63) is 70.7 Å². The molecule has 0 radical (unpaired) electrons. The summed E-state index contributed by atoms with van der Waals surface area (Å²) in [7, 11) is 1.51. The van der Waals surface area contributed by atoms with Crippen LogP contribution in [0.25, 0.3) is 0 Å². The minimum absolute atomic E-state index is 0.147. The van der Waals surface area contributed by atoms with E-state index in [9.17, 15) is 19.2 Å². The first kappa shape index (κ1) is 24.9. The Hall–Kier alpha value is -3.23. The van der Waals surface area contributed by atoms with Crippen LogP contribution in [-0.2, 0) is 20.7 Å². The molecule has 9 heteroatoms. The quantitative estimate of drug-likeness (QED) is 0.343. The van der Waals surface area contributed by atoms with Crippen LogP contribution in [-0.4, -0.2) is 72.3 Å². The number of ether oxygens (including phenoxy) is 1. The number of nitrogens with one attached hydrogen (secondary N) is 1. The van der Waals surface area contributed by atoms with E-state index in [0.29, 0.717) is 36.5 Å². The normalized spacial score (nSPS) is 20.7. The third-order valence-electron chi connectivity index (χ3n) is 6.86. The van der Waals surface area contributed by atoms with Gasteiger partial charge in [-0.1, -0.05) is 60.1 Å². The van der Waals surface area contributed by atoms with Crippen LogP contribution in [0.1, 0.15) is 28.8 Å². The number of hydrogen-bond acceptors (Lipinski definition) is 5. The van der Waals surface area contributed by atoms with Gasteiger partial charge in [-0.3, -0.25) is 19.3 Å².